The van der Waals surface area contributed by atoms with Crippen LogP contribution in [0.1, 0.15) is 13.8 Å². The average Bonchev–Trinajstić information content (AvgIpc) is 3.34. The summed E-state index contributed by atoms with van der Waals surface area (Å²) in [4.78, 5) is 4.63. The molecule has 2 nitrogen and oxygen atoms in total. The van der Waals surface area contributed by atoms with Crippen molar-refractivity contribution in [3.63, 3.8) is 0 Å². The van der Waals surface area contributed by atoms with Gasteiger partial charge in [-0.15, -0.1) is 11.3 Å². The number of nitrogens with zero attached hydrogens (tertiary/aromatic N) is 2. The Morgan fingerprint density at radius 1 is 0.919 bits per heavy atom. The molecule has 1 aromatic heterocycles. The van der Waals surface area contributed by atoms with Gasteiger partial charge in [0.15, 0.2) is 0 Å². The van der Waals surface area contributed by atoms with Crippen molar-refractivity contribution in [2.24, 2.45) is 0 Å². The maximum Gasteiger partial charge on any atom is 0.0647 e. The fourth-order valence-electron chi connectivity index (χ4n) is 4.20. The molecule has 0 radical (unpaired) electrons. The van der Waals surface area contributed by atoms with Crippen LogP contribution in [0.25, 0.3) is 10.1 Å². The standard InChI is InChI=1S/C33H31BrN2S/c1-4-6-7-15-23-35(31-21-13-12-20-30(31)34)26(3)24-28(16-5-2)36(27-17-9-8-10-18-27)32-25-37-33-22-14-11-19-29(32)33/h4-22,24-25H,2,23H2,1,3H3/b6-4-,15-7-,26-24+,28-16+. The molecule has 0 spiro atoms. The number of fused-ring (bicyclic) bond motifs is 1. The Bertz CT molecular complexity index is 1460. The summed E-state index contributed by atoms with van der Waals surface area (Å²) in [6.45, 7) is 8.97. The minimum atomic E-state index is 0.739. The zero-order valence-electron chi connectivity index (χ0n) is 21.2. The number of rotatable bonds is 10. The van der Waals surface area contributed by atoms with Gasteiger partial charge in [0, 0.05) is 43.6 Å². The number of para-hydroxylation sites is 2. The van der Waals surface area contributed by atoms with E-state index in [0.717, 1.165) is 39.5 Å². The van der Waals surface area contributed by atoms with Crippen LogP contribution in [0, 0.1) is 0 Å². The van der Waals surface area contributed by atoms with E-state index in [9.17, 15) is 0 Å². The normalized spacial score (nSPS) is 12.5. The third kappa shape index (κ3) is 6.40. The van der Waals surface area contributed by atoms with Crippen molar-refractivity contribution in [2.75, 3.05) is 16.3 Å². The highest BCUT2D eigenvalue weighted by molar-refractivity contribution is 9.10. The van der Waals surface area contributed by atoms with Gasteiger partial charge in [-0.25, -0.2) is 0 Å². The van der Waals surface area contributed by atoms with Crippen molar-refractivity contribution in [1.29, 1.82) is 0 Å². The minimum absolute atomic E-state index is 0.739. The molecule has 0 unspecified atom stereocenters. The SMILES string of the molecule is C=C/C=C(\C=C(/C)N(C/C=C\C=C/C)c1ccccc1Br)N(c1ccccc1)c1csc2ccccc12. The number of hydrogen-bond donors (Lipinski definition) is 0. The molecule has 3 aromatic carbocycles. The molecule has 0 amide bonds. The van der Waals surface area contributed by atoms with E-state index >= 15 is 0 Å². The molecule has 0 aliphatic heterocycles. The van der Waals surface area contributed by atoms with E-state index in [1.54, 1.807) is 11.3 Å². The second-order valence-electron chi connectivity index (χ2n) is 8.42. The molecular formula is C33H31BrN2S. The fraction of sp³-hybridized carbons (Fsp3) is 0.0909. The summed E-state index contributed by atoms with van der Waals surface area (Å²) < 4.78 is 2.32. The highest BCUT2D eigenvalue weighted by atomic mass is 79.9. The maximum atomic E-state index is 4.05. The van der Waals surface area contributed by atoms with Crippen molar-refractivity contribution in [2.45, 2.75) is 13.8 Å². The predicted molar refractivity (Wildman–Crippen MR) is 168 cm³/mol. The van der Waals surface area contributed by atoms with E-state index in [1.165, 1.54) is 10.1 Å². The van der Waals surface area contributed by atoms with Crippen molar-refractivity contribution >= 4 is 54.4 Å². The molecule has 0 aliphatic rings. The van der Waals surface area contributed by atoms with E-state index < -0.39 is 0 Å². The Labute approximate surface area is 233 Å². The molecule has 0 atom stereocenters. The summed E-state index contributed by atoms with van der Waals surface area (Å²) in [6.07, 6.45) is 14.5. The van der Waals surface area contributed by atoms with Crippen LogP contribution in [0.3, 0.4) is 0 Å². The molecule has 1 heterocycles. The minimum Gasteiger partial charge on any atom is -0.341 e. The molecule has 0 N–H and O–H groups in total. The lowest BCUT2D eigenvalue weighted by Crippen LogP contribution is -2.23. The van der Waals surface area contributed by atoms with Crippen molar-refractivity contribution in [3.8, 4) is 0 Å². The second kappa shape index (κ2) is 13.1. The molecule has 37 heavy (non-hydrogen) atoms. The molecule has 4 aromatic rings. The first-order valence-electron chi connectivity index (χ1n) is 12.3. The maximum absolute atomic E-state index is 4.05. The zero-order valence-corrected chi connectivity index (χ0v) is 23.6. The summed E-state index contributed by atoms with van der Waals surface area (Å²) in [5.41, 5.74) is 5.53. The first-order chi connectivity index (χ1) is 18.1. The monoisotopic (exact) mass is 566 g/mol. The number of thiophene rings is 1. The fourth-order valence-corrected chi connectivity index (χ4v) is 5.63. The van der Waals surface area contributed by atoms with Crippen LogP contribution in [-0.4, -0.2) is 6.54 Å². The highest BCUT2D eigenvalue weighted by Gasteiger charge is 2.19. The van der Waals surface area contributed by atoms with E-state index in [2.05, 4.69) is 148 Å². The smallest absolute Gasteiger partial charge is 0.0647 e. The number of halogens is 1. The third-order valence-corrected chi connectivity index (χ3v) is 7.54. The Morgan fingerprint density at radius 2 is 1.65 bits per heavy atom. The van der Waals surface area contributed by atoms with Crippen molar-refractivity contribution in [3.05, 3.63) is 149 Å². The Hall–Kier alpha value is -3.60. The molecular weight excluding hydrogens is 536 g/mol. The first-order valence-corrected chi connectivity index (χ1v) is 13.9. The van der Waals surface area contributed by atoms with Crippen LogP contribution < -0.4 is 9.80 Å². The molecule has 0 saturated carbocycles. The van der Waals surface area contributed by atoms with Crippen molar-refractivity contribution < 1.29 is 0 Å². The van der Waals surface area contributed by atoms with Gasteiger partial charge in [-0.3, -0.25) is 0 Å². The summed E-state index contributed by atoms with van der Waals surface area (Å²) in [7, 11) is 0. The predicted octanol–water partition coefficient (Wildman–Crippen LogP) is 10.4. The van der Waals surface area contributed by atoms with Gasteiger partial charge in [-0.2, -0.15) is 0 Å². The van der Waals surface area contributed by atoms with Crippen LogP contribution >= 0.6 is 27.3 Å². The van der Waals surface area contributed by atoms with E-state index in [-0.39, 0.29) is 0 Å². The van der Waals surface area contributed by atoms with Crippen LogP contribution in [-0.2, 0) is 0 Å². The first kappa shape index (κ1) is 26.5. The van der Waals surface area contributed by atoms with Crippen LogP contribution in [0.5, 0.6) is 0 Å². The van der Waals surface area contributed by atoms with Gasteiger partial charge in [0.2, 0.25) is 0 Å². The second-order valence-corrected chi connectivity index (χ2v) is 10.2. The third-order valence-electron chi connectivity index (χ3n) is 5.92. The van der Waals surface area contributed by atoms with Gasteiger partial charge in [0.25, 0.3) is 0 Å². The summed E-state index contributed by atoms with van der Waals surface area (Å²) in [6, 6.07) is 27.4. The number of allylic oxidation sites excluding steroid dienone is 7. The van der Waals surface area contributed by atoms with Gasteiger partial charge in [0.05, 0.1) is 11.4 Å². The molecule has 0 saturated heterocycles. The lowest BCUT2D eigenvalue weighted by Gasteiger charge is -2.29. The molecule has 0 bridgehead atoms. The van der Waals surface area contributed by atoms with Gasteiger partial charge in [-0.1, -0.05) is 85.5 Å². The number of hydrogen-bond acceptors (Lipinski definition) is 3. The summed E-state index contributed by atoms with van der Waals surface area (Å²) in [5.74, 6) is 0. The highest BCUT2D eigenvalue weighted by Crippen LogP contribution is 2.40. The molecule has 4 rings (SSSR count). The Balaban J connectivity index is 1.84. The number of anilines is 3. The average molecular weight is 568 g/mol. The van der Waals surface area contributed by atoms with Gasteiger partial charge in [-0.05, 0) is 72.3 Å². The van der Waals surface area contributed by atoms with E-state index in [4.69, 9.17) is 0 Å². The van der Waals surface area contributed by atoms with Crippen LogP contribution in [0.4, 0.5) is 17.1 Å². The zero-order chi connectivity index (χ0) is 26.0. The molecule has 4 heteroatoms. The molecule has 186 valence electrons. The number of benzene rings is 3. The quantitative estimate of drug-likeness (QED) is 0.176. The Kier molecular flexibility index (Phi) is 9.36. The largest absolute Gasteiger partial charge is 0.341 e. The van der Waals surface area contributed by atoms with Gasteiger partial charge < -0.3 is 9.80 Å². The summed E-state index contributed by atoms with van der Waals surface area (Å²) >= 11 is 5.53. The van der Waals surface area contributed by atoms with Gasteiger partial charge >= 0.3 is 0 Å². The topological polar surface area (TPSA) is 6.48 Å². The Morgan fingerprint density at radius 3 is 2.41 bits per heavy atom. The van der Waals surface area contributed by atoms with Crippen LogP contribution in [0.15, 0.2) is 149 Å². The van der Waals surface area contributed by atoms with E-state index in [0.29, 0.717) is 0 Å². The molecule has 0 aliphatic carbocycles. The lowest BCUT2D eigenvalue weighted by molar-refractivity contribution is 0.996. The van der Waals surface area contributed by atoms with Crippen LogP contribution in [0.2, 0.25) is 0 Å². The lowest BCUT2D eigenvalue weighted by atomic mass is 10.1. The molecule has 0 fully saturated rings. The van der Waals surface area contributed by atoms with E-state index in [1.807, 2.05) is 25.1 Å². The van der Waals surface area contributed by atoms with Crippen molar-refractivity contribution in [1.82, 2.24) is 0 Å². The summed E-state index contributed by atoms with van der Waals surface area (Å²) in [5, 5.41) is 3.47. The van der Waals surface area contributed by atoms with Gasteiger partial charge in [0.1, 0.15) is 0 Å².